The molecule has 3 rings (SSSR count). The van der Waals surface area contributed by atoms with Gasteiger partial charge in [0.25, 0.3) is 5.91 Å². The maximum absolute atomic E-state index is 12.1. The maximum Gasteiger partial charge on any atom is 0.251 e. The minimum atomic E-state index is -0.162. The standard InChI is InChI=1S/C22H28N4O2.HI/c1-2-23-21(26-16-22(12-13-22)18-6-4-3-5-7-18)25-15-14-24-20(28)17-8-10-19(27)11-9-17;/h3-11,27H,2,12-16H2,1H3,(H,24,28)(H2,23,25,26);1H. The predicted octanol–water partition coefficient (Wildman–Crippen LogP) is 3.03. The van der Waals surface area contributed by atoms with Crippen molar-refractivity contribution in [1.82, 2.24) is 16.0 Å². The lowest BCUT2D eigenvalue weighted by atomic mass is 9.96. The third-order valence-corrected chi connectivity index (χ3v) is 4.96. The molecule has 0 heterocycles. The van der Waals surface area contributed by atoms with Crippen LogP contribution in [0.2, 0.25) is 0 Å². The fourth-order valence-electron chi connectivity index (χ4n) is 3.12. The minimum absolute atomic E-state index is 0. The van der Waals surface area contributed by atoms with Crippen LogP contribution in [0.1, 0.15) is 35.7 Å². The average Bonchev–Trinajstić information content (AvgIpc) is 3.51. The van der Waals surface area contributed by atoms with E-state index in [1.807, 2.05) is 13.0 Å². The fraction of sp³-hybridized carbons (Fsp3) is 0.364. The lowest BCUT2D eigenvalue weighted by molar-refractivity contribution is 0.0954. The summed E-state index contributed by atoms with van der Waals surface area (Å²) >= 11 is 0. The Labute approximate surface area is 189 Å². The first-order valence-electron chi connectivity index (χ1n) is 9.78. The smallest absolute Gasteiger partial charge is 0.251 e. The van der Waals surface area contributed by atoms with Crippen LogP contribution < -0.4 is 16.0 Å². The normalized spacial score (nSPS) is 14.4. The van der Waals surface area contributed by atoms with E-state index in [1.165, 1.54) is 30.5 Å². The number of carbonyl (C=O) groups excluding carboxylic acids is 1. The minimum Gasteiger partial charge on any atom is -0.508 e. The van der Waals surface area contributed by atoms with Gasteiger partial charge in [-0.2, -0.15) is 0 Å². The molecule has 6 nitrogen and oxygen atoms in total. The van der Waals surface area contributed by atoms with Crippen LogP contribution in [0.15, 0.2) is 59.6 Å². The summed E-state index contributed by atoms with van der Waals surface area (Å²) in [4.78, 5) is 16.8. The van der Waals surface area contributed by atoms with E-state index in [-0.39, 0.29) is 41.0 Å². The highest BCUT2D eigenvalue weighted by Crippen LogP contribution is 2.48. The number of nitrogens with one attached hydrogen (secondary N) is 3. The number of halogens is 1. The lowest BCUT2D eigenvalue weighted by Crippen LogP contribution is -2.42. The zero-order valence-corrected chi connectivity index (χ0v) is 19.0. The van der Waals surface area contributed by atoms with Crippen molar-refractivity contribution in [2.75, 3.05) is 26.2 Å². The topological polar surface area (TPSA) is 85.8 Å². The number of rotatable bonds is 8. The van der Waals surface area contributed by atoms with Crippen molar-refractivity contribution < 1.29 is 9.90 Å². The van der Waals surface area contributed by atoms with E-state index in [4.69, 9.17) is 4.99 Å². The zero-order valence-electron chi connectivity index (χ0n) is 16.6. The van der Waals surface area contributed by atoms with Crippen molar-refractivity contribution in [2.45, 2.75) is 25.2 Å². The number of benzene rings is 2. The third-order valence-electron chi connectivity index (χ3n) is 4.96. The van der Waals surface area contributed by atoms with E-state index >= 15 is 0 Å². The van der Waals surface area contributed by atoms with E-state index in [1.54, 1.807) is 12.1 Å². The molecule has 156 valence electrons. The quantitative estimate of drug-likeness (QED) is 0.191. The summed E-state index contributed by atoms with van der Waals surface area (Å²) in [5.74, 6) is 0.752. The van der Waals surface area contributed by atoms with Crippen molar-refractivity contribution >= 4 is 35.8 Å². The molecular formula is C22H29IN4O2. The van der Waals surface area contributed by atoms with E-state index in [0.29, 0.717) is 18.7 Å². The first kappa shape index (κ1) is 23.0. The van der Waals surface area contributed by atoms with Gasteiger partial charge in [-0.05, 0) is 49.6 Å². The highest BCUT2D eigenvalue weighted by Gasteiger charge is 2.43. The van der Waals surface area contributed by atoms with Crippen molar-refractivity contribution in [3.63, 3.8) is 0 Å². The molecule has 0 unspecified atom stereocenters. The van der Waals surface area contributed by atoms with Crippen molar-refractivity contribution in [3.05, 3.63) is 65.7 Å². The summed E-state index contributed by atoms with van der Waals surface area (Å²) in [6.07, 6.45) is 2.34. The third kappa shape index (κ3) is 6.62. The van der Waals surface area contributed by atoms with Gasteiger partial charge < -0.3 is 21.1 Å². The van der Waals surface area contributed by atoms with Crippen molar-refractivity contribution in [1.29, 1.82) is 0 Å². The average molecular weight is 508 g/mol. The summed E-state index contributed by atoms with van der Waals surface area (Å²) in [6.45, 7) is 4.63. The second-order valence-corrected chi connectivity index (χ2v) is 7.07. The molecule has 0 aromatic heterocycles. The molecular weight excluding hydrogens is 479 g/mol. The van der Waals surface area contributed by atoms with Crippen molar-refractivity contribution in [2.24, 2.45) is 4.99 Å². The number of nitrogens with zero attached hydrogens (tertiary/aromatic N) is 1. The highest BCUT2D eigenvalue weighted by molar-refractivity contribution is 14.0. The maximum atomic E-state index is 12.1. The molecule has 2 aromatic rings. The molecule has 1 amide bonds. The lowest BCUT2D eigenvalue weighted by Gasteiger charge is -2.16. The van der Waals surface area contributed by atoms with Crippen LogP contribution in [0.5, 0.6) is 5.75 Å². The molecule has 1 fully saturated rings. The molecule has 1 aliphatic carbocycles. The van der Waals surface area contributed by atoms with Gasteiger partial charge in [-0.1, -0.05) is 30.3 Å². The van der Waals surface area contributed by atoms with Gasteiger partial charge in [0.2, 0.25) is 0 Å². The summed E-state index contributed by atoms with van der Waals surface area (Å²) in [5.41, 5.74) is 2.06. The number of phenolic OH excluding ortho intramolecular Hbond substituents is 1. The molecule has 1 aliphatic rings. The molecule has 1 saturated carbocycles. The predicted molar refractivity (Wildman–Crippen MR) is 127 cm³/mol. The summed E-state index contributed by atoms with van der Waals surface area (Å²) in [7, 11) is 0. The van der Waals surface area contributed by atoms with Gasteiger partial charge in [0.15, 0.2) is 5.96 Å². The second kappa shape index (κ2) is 11.0. The molecule has 4 N–H and O–H groups in total. The van der Waals surface area contributed by atoms with E-state index in [2.05, 4.69) is 40.2 Å². The molecule has 0 bridgehead atoms. The van der Waals surface area contributed by atoms with Crippen LogP contribution in [-0.2, 0) is 5.41 Å². The van der Waals surface area contributed by atoms with E-state index < -0.39 is 0 Å². The number of amides is 1. The Hall–Kier alpha value is -2.29. The first-order valence-corrected chi connectivity index (χ1v) is 9.78. The van der Waals surface area contributed by atoms with Crippen LogP contribution in [-0.4, -0.2) is 43.2 Å². The second-order valence-electron chi connectivity index (χ2n) is 7.07. The Morgan fingerprint density at radius 3 is 2.28 bits per heavy atom. The van der Waals surface area contributed by atoms with Crippen LogP contribution >= 0.6 is 24.0 Å². The van der Waals surface area contributed by atoms with Crippen LogP contribution in [0, 0.1) is 0 Å². The van der Waals surface area contributed by atoms with Gasteiger partial charge in [-0.15, -0.1) is 24.0 Å². The first-order chi connectivity index (χ1) is 13.6. The molecule has 0 aliphatic heterocycles. The Morgan fingerprint density at radius 2 is 1.66 bits per heavy atom. The Morgan fingerprint density at radius 1 is 1.00 bits per heavy atom. The molecule has 0 spiro atoms. The highest BCUT2D eigenvalue weighted by atomic mass is 127. The largest absolute Gasteiger partial charge is 0.508 e. The monoisotopic (exact) mass is 508 g/mol. The number of phenols is 1. The SMILES string of the molecule is CCNC(=NCC1(c2ccccc2)CC1)NCCNC(=O)c1ccc(O)cc1.I. The van der Waals surface area contributed by atoms with Crippen LogP contribution in [0.3, 0.4) is 0 Å². The van der Waals surface area contributed by atoms with Gasteiger partial charge in [-0.25, -0.2) is 0 Å². The van der Waals surface area contributed by atoms with Gasteiger partial charge in [0.05, 0.1) is 6.54 Å². The number of guanidine groups is 1. The van der Waals surface area contributed by atoms with E-state index in [9.17, 15) is 9.90 Å². The van der Waals surface area contributed by atoms with Crippen LogP contribution in [0.25, 0.3) is 0 Å². The molecule has 7 heteroatoms. The van der Waals surface area contributed by atoms with Gasteiger partial charge >= 0.3 is 0 Å². The van der Waals surface area contributed by atoms with Crippen molar-refractivity contribution in [3.8, 4) is 5.75 Å². The fourth-order valence-corrected chi connectivity index (χ4v) is 3.12. The Balaban J connectivity index is 0.00000300. The molecule has 0 atom stereocenters. The van der Waals surface area contributed by atoms with Gasteiger partial charge in [0, 0.05) is 30.6 Å². The molecule has 0 radical (unpaired) electrons. The Bertz CT molecular complexity index is 805. The molecule has 2 aromatic carbocycles. The molecule has 0 saturated heterocycles. The van der Waals surface area contributed by atoms with Gasteiger partial charge in [0.1, 0.15) is 5.75 Å². The van der Waals surface area contributed by atoms with Gasteiger partial charge in [-0.3, -0.25) is 9.79 Å². The Kier molecular flexibility index (Phi) is 8.75. The molecule has 29 heavy (non-hydrogen) atoms. The number of hydrogen-bond acceptors (Lipinski definition) is 3. The summed E-state index contributed by atoms with van der Waals surface area (Å²) < 4.78 is 0. The number of aliphatic imine (C=N–C) groups is 1. The summed E-state index contributed by atoms with van der Waals surface area (Å²) in [5, 5.41) is 18.7. The van der Waals surface area contributed by atoms with Crippen LogP contribution in [0.4, 0.5) is 0 Å². The summed E-state index contributed by atoms with van der Waals surface area (Å²) in [6, 6.07) is 16.8. The van der Waals surface area contributed by atoms with E-state index in [0.717, 1.165) is 19.0 Å². The number of carbonyl (C=O) groups is 1. The zero-order chi connectivity index (χ0) is 19.8. The number of aromatic hydroxyl groups is 1. The number of hydrogen-bond donors (Lipinski definition) is 4.